The Hall–Kier alpha value is -1.78. The molecule has 3 nitrogen and oxygen atoms in total. The van der Waals surface area contributed by atoms with Gasteiger partial charge in [-0.1, -0.05) is 54.1 Å². The van der Waals surface area contributed by atoms with Crippen molar-refractivity contribution in [1.29, 1.82) is 0 Å². The molecule has 2 aromatic rings. The number of rotatable bonds is 8. The molecule has 0 aromatic heterocycles. The molecule has 4 heteroatoms. The first kappa shape index (κ1) is 17.6. The summed E-state index contributed by atoms with van der Waals surface area (Å²) in [6.45, 7) is 3.18. The minimum Gasteiger partial charge on any atom is -0.380 e. The van der Waals surface area contributed by atoms with Crippen molar-refractivity contribution in [1.82, 2.24) is 5.32 Å². The summed E-state index contributed by atoms with van der Waals surface area (Å²) >= 11 is 1.63. The minimum absolute atomic E-state index is 0.0642. The van der Waals surface area contributed by atoms with Gasteiger partial charge in [0.05, 0.1) is 12.4 Å². The first-order valence-corrected chi connectivity index (χ1v) is 8.80. The summed E-state index contributed by atoms with van der Waals surface area (Å²) in [6, 6.07) is 16.4. The number of thioether (sulfide) groups is 1. The van der Waals surface area contributed by atoms with Gasteiger partial charge in [0.2, 0.25) is 5.91 Å². The van der Waals surface area contributed by atoms with Gasteiger partial charge in [-0.2, -0.15) is 0 Å². The third-order valence-electron chi connectivity index (χ3n) is 3.52. The molecule has 0 spiro atoms. The van der Waals surface area contributed by atoms with Crippen molar-refractivity contribution in [3.05, 3.63) is 70.8 Å². The van der Waals surface area contributed by atoms with Gasteiger partial charge in [-0.15, -0.1) is 11.8 Å². The molecule has 2 aromatic carbocycles. The Kier molecular flexibility index (Phi) is 7.17. The molecule has 1 N–H and O–H groups in total. The van der Waals surface area contributed by atoms with Crippen LogP contribution in [0.2, 0.25) is 0 Å². The van der Waals surface area contributed by atoms with E-state index < -0.39 is 0 Å². The summed E-state index contributed by atoms with van der Waals surface area (Å²) in [6.07, 6.45) is 0. The van der Waals surface area contributed by atoms with Crippen LogP contribution in [-0.4, -0.2) is 18.8 Å². The second kappa shape index (κ2) is 9.38. The Labute approximate surface area is 142 Å². The lowest BCUT2D eigenvalue weighted by Gasteiger charge is -2.10. The van der Waals surface area contributed by atoms with Crippen LogP contribution in [0.15, 0.2) is 48.5 Å². The molecule has 0 aliphatic rings. The summed E-state index contributed by atoms with van der Waals surface area (Å²) in [5.41, 5.74) is 4.72. The van der Waals surface area contributed by atoms with E-state index in [2.05, 4.69) is 36.5 Å². The van der Waals surface area contributed by atoms with Crippen LogP contribution in [0.3, 0.4) is 0 Å². The van der Waals surface area contributed by atoms with E-state index in [-0.39, 0.29) is 5.91 Å². The molecule has 0 unspecified atom stereocenters. The first-order chi connectivity index (χ1) is 11.2. The summed E-state index contributed by atoms with van der Waals surface area (Å²) in [4.78, 5) is 12.0. The van der Waals surface area contributed by atoms with Gasteiger partial charge in [0.25, 0.3) is 0 Å². The predicted molar refractivity (Wildman–Crippen MR) is 96.3 cm³/mol. The molecule has 0 aliphatic heterocycles. The number of methoxy groups -OCH3 is 1. The van der Waals surface area contributed by atoms with E-state index in [9.17, 15) is 4.79 Å². The Morgan fingerprint density at radius 2 is 1.78 bits per heavy atom. The molecule has 23 heavy (non-hydrogen) atoms. The molecule has 0 saturated carbocycles. The molecule has 0 radical (unpaired) electrons. The molecular formula is C19H23NO2S. The molecule has 0 atom stereocenters. The van der Waals surface area contributed by atoms with Crippen molar-refractivity contribution in [2.24, 2.45) is 0 Å². The highest BCUT2D eigenvalue weighted by atomic mass is 32.2. The number of carbonyl (C=O) groups is 1. The maximum Gasteiger partial charge on any atom is 0.230 e. The van der Waals surface area contributed by atoms with E-state index in [0.29, 0.717) is 18.9 Å². The highest BCUT2D eigenvalue weighted by Crippen LogP contribution is 2.13. The van der Waals surface area contributed by atoms with Crippen LogP contribution in [0.5, 0.6) is 0 Å². The lowest BCUT2D eigenvalue weighted by Crippen LogP contribution is -2.25. The van der Waals surface area contributed by atoms with Crippen LogP contribution in [0.1, 0.15) is 22.3 Å². The average Bonchev–Trinajstić information content (AvgIpc) is 2.56. The van der Waals surface area contributed by atoms with Gasteiger partial charge in [0, 0.05) is 19.4 Å². The van der Waals surface area contributed by atoms with Crippen molar-refractivity contribution < 1.29 is 9.53 Å². The van der Waals surface area contributed by atoms with E-state index in [1.54, 1.807) is 18.9 Å². The average molecular weight is 329 g/mol. The van der Waals surface area contributed by atoms with Crippen molar-refractivity contribution in [2.45, 2.75) is 25.8 Å². The maximum absolute atomic E-state index is 12.0. The van der Waals surface area contributed by atoms with E-state index >= 15 is 0 Å². The molecule has 0 aliphatic carbocycles. The van der Waals surface area contributed by atoms with Gasteiger partial charge >= 0.3 is 0 Å². The third-order valence-corrected chi connectivity index (χ3v) is 4.52. The highest BCUT2D eigenvalue weighted by Gasteiger charge is 2.05. The zero-order valence-corrected chi connectivity index (χ0v) is 14.5. The van der Waals surface area contributed by atoms with Gasteiger partial charge in [0.15, 0.2) is 0 Å². The number of benzene rings is 2. The fraction of sp³-hybridized carbons (Fsp3) is 0.316. The van der Waals surface area contributed by atoms with E-state index in [0.717, 1.165) is 16.9 Å². The summed E-state index contributed by atoms with van der Waals surface area (Å²) in [7, 11) is 1.68. The summed E-state index contributed by atoms with van der Waals surface area (Å²) in [5, 5.41) is 2.98. The molecule has 0 fully saturated rings. The second-order valence-corrected chi connectivity index (χ2v) is 6.44. The molecule has 0 saturated heterocycles. The molecule has 0 heterocycles. The molecular weight excluding hydrogens is 306 g/mol. The van der Waals surface area contributed by atoms with Crippen molar-refractivity contribution >= 4 is 17.7 Å². The lowest BCUT2D eigenvalue weighted by molar-refractivity contribution is -0.118. The first-order valence-electron chi connectivity index (χ1n) is 7.64. The van der Waals surface area contributed by atoms with Gasteiger partial charge in [-0.3, -0.25) is 4.79 Å². The Balaban J connectivity index is 1.74. The quantitative estimate of drug-likeness (QED) is 0.803. The van der Waals surface area contributed by atoms with E-state index in [1.807, 2.05) is 24.3 Å². The summed E-state index contributed by atoms with van der Waals surface area (Å²) < 4.78 is 5.18. The number of carbonyl (C=O) groups excluding carboxylic acids is 1. The largest absolute Gasteiger partial charge is 0.380 e. The Morgan fingerprint density at radius 1 is 1.09 bits per heavy atom. The van der Waals surface area contributed by atoms with Crippen LogP contribution in [0.25, 0.3) is 0 Å². The molecule has 1 amide bonds. The Morgan fingerprint density at radius 3 is 2.48 bits per heavy atom. The number of hydrogen-bond acceptors (Lipinski definition) is 3. The monoisotopic (exact) mass is 329 g/mol. The number of ether oxygens (including phenoxy) is 1. The van der Waals surface area contributed by atoms with Crippen molar-refractivity contribution in [2.75, 3.05) is 12.9 Å². The molecule has 2 rings (SSSR count). The lowest BCUT2D eigenvalue weighted by atomic mass is 10.1. The van der Waals surface area contributed by atoms with Crippen molar-refractivity contribution in [3.8, 4) is 0 Å². The normalized spacial score (nSPS) is 10.5. The second-order valence-electron chi connectivity index (χ2n) is 5.46. The summed E-state index contributed by atoms with van der Waals surface area (Å²) in [5.74, 6) is 1.39. The smallest absolute Gasteiger partial charge is 0.230 e. The van der Waals surface area contributed by atoms with Crippen LogP contribution in [-0.2, 0) is 28.4 Å². The van der Waals surface area contributed by atoms with E-state index in [4.69, 9.17) is 4.74 Å². The van der Waals surface area contributed by atoms with Gasteiger partial charge in [0.1, 0.15) is 0 Å². The standard InChI is InChI=1S/C19H23NO2S/c1-15-7-9-16(10-8-15)13-23-14-19(21)20-11-17-5-3-4-6-18(17)12-22-2/h3-10H,11-14H2,1-2H3,(H,20,21). The highest BCUT2D eigenvalue weighted by molar-refractivity contribution is 7.99. The van der Waals surface area contributed by atoms with Crippen LogP contribution in [0.4, 0.5) is 0 Å². The number of hydrogen-bond donors (Lipinski definition) is 1. The van der Waals surface area contributed by atoms with Crippen LogP contribution < -0.4 is 5.32 Å². The number of aryl methyl sites for hydroxylation is 1. The van der Waals surface area contributed by atoms with Crippen molar-refractivity contribution in [3.63, 3.8) is 0 Å². The Bertz CT molecular complexity index is 626. The van der Waals surface area contributed by atoms with E-state index in [1.165, 1.54) is 11.1 Å². The van der Waals surface area contributed by atoms with Crippen LogP contribution in [0, 0.1) is 6.92 Å². The zero-order chi connectivity index (χ0) is 16.5. The molecule has 0 bridgehead atoms. The number of amides is 1. The fourth-order valence-electron chi connectivity index (χ4n) is 2.22. The minimum atomic E-state index is 0.0642. The van der Waals surface area contributed by atoms with Gasteiger partial charge in [-0.05, 0) is 23.6 Å². The van der Waals surface area contributed by atoms with Crippen LogP contribution >= 0.6 is 11.8 Å². The van der Waals surface area contributed by atoms with Gasteiger partial charge in [-0.25, -0.2) is 0 Å². The predicted octanol–water partition coefficient (Wildman–Crippen LogP) is 3.69. The maximum atomic E-state index is 12.0. The topological polar surface area (TPSA) is 38.3 Å². The van der Waals surface area contributed by atoms with Gasteiger partial charge < -0.3 is 10.1 Å². The fourth-order valence-corrected chi connectivity index (χ4v) is 3.03. The zero-order valence-electron chi connectivity index (χ0n) is 13.7. The SMILES string of the molecule is COCc1ccccc1CNC(=O)CSCc1ccc(C)cc1. The third kappa shape index (κ3) is 6.08. The molecule has 122 valence electrons. The number of nitrogens with one attached hydrogen (secondary N) is 1.